The first-order valence-corrected chi connectivity index (χ1v) is 10.1. The van der Waals surface area contributed by atoms with E-state index in [9.17, 15) is 0 Å². The van der Waals surface area contributed by atoms with Gasteiger partial charge in [0.15, 0.2) is 0 Å². The van der Waals surface area contributed by atoms with Crippen LogP contribution in [0, 0.1) is 0 Å². The summed E-state index contributed by atoms with van der Waals surface area (Å²) < 4.78 is 0. The van der Waals surface area contributed by atoms with Crippen LogP contribution >= 0.6 is 20.6 Å². The van der Waals surface area contributed by atoms with Gasteiger partial charge in [-0.05, 0) is 24.6 Å². The quantitative estimate of drug-likeness (QED) is 0.522. The number of anilines is 1. The van der Waals surface area contributed by atoms with Gasteiger partial charge in [0.05, 0.1) is 0 Å². The average Bonchev–Trinajstić information content (AvgIpc) is 2.64. The zero-order valence-electron chi connectivity index (χ0n) is 13.8. The molecular weight excluding hydrogens is 329 g/mol. The van der Waals surface area contributed by atoms with Crippen LogP contribution in [0.2, 0.25) is 0 Å². The molecule has 3 heteroatoms. The van der Waals surface area contributed by atoms with E-state index in [1.807, 2.05) is 0 Å². The Labute approximate surface area is 151 Å². The topological polar surface area (TPSA) is 3.24 Å². The van der Waals surface area contributed by atoms with Crippen LogP contribution in [0.5, 0.6) is 0 Å². The van der Waals surface area contributed by atoms with Gasteiger partial charge in [0, 0.05) is 30.3 Å². The zero-order valence-corrected chi connectivity index (χ0v) is 15.6. The van der Waals surface area contributed by atoms with Crippen LogP contribution in [0.3, 0.4) is 0 Å². The Morgan fingerprint density at radius 3 is 1.79 bits per heavy atom. The summed E-state index contributed by atoms with van der Waals surface area (Å²) in [4.78, 5) is 2.31. The fourth-order valence-electron chi connectivity index (χ4n) is 2.83. The average molecular weight is 351 g/mol. The number of hydrogen-bond acceptors (Lipinski definition) is 2. The fraction of sp³-hybridized carbons (Fsp3) is 0.143. The Morgan fingerprint density at radius 2 is 1.25 bits per heavy atom. The molecule has 0 radical (unpaired) electrons. The van der Waals surface area contributed by atoms with Gasteiger partial charge in [-0.1, -0.05) is 78.9 Å². The molecule has 0 unspecified atom stereocenters. The SMILES string of the molecule is CN(CCS)c1ccccc1P(c1ccccc1)c1ccccc1. The van der Waals surface area contributed by atoms with Crippen molar-refractivity contribution in [1.29, 1.82) is 0 Å². The van der Waals surface area contributed by atoms with Crippen LogP contribution < -0.4 is 20.8 Å². The van der Waals surface area contributed by atoms with Gasteiger partial charge >= 0.3 is 0 Å². The van der Waals surface area contributed by atoms with Gasteiger partial charge < -0.3 is 4.90 Å². The van der Waals surface area contributed by atoms with E-state index in [-0.39, 0.29) is 0 Å². The molecule has 0 N–H and O–H groups in total. The van der Waals surface area contributed by atoms with Crippen molar-refractivity contribution in [3.05, 3.63) is 84.9 Å². The third kappa shape index (κ3) is 3.83. The summed E-state index contributed by atoms with van der Waals surface area (Å²) in [6, 6.07) is 30.4. The highest BCUT2D eigenvalue weighted by molar-refractivity contribution is 7.80. The Bertz CT molecular complexity index is 722. The second-order valence-electron chi connectivity index (χ2n) is 5.64. The summed E-state index contributed by atoms with van der Waals surface area (Å²) in [7, 11) is 1.57. The first-order valence-electron chi connectivity index (χ1n) is 8.12. The summed E-state index contributed by atoms with van der Waals surface area (Å²) in [5, 5.41) is 4.16. The van der Waals surface area contributed by atoms with Gasteiger partial charge in [0.2, 0.25) is 0 Å². The lowest BCUT2D eigenvalue weighted by atomic mass is 10.3. The van der Waals surface area contributed by atoms with Gasteiger partial charge in [-0.3, -0.25) is 0 Å². The van der Waals surface area contributed by atoms with Crippen molar-refractivity contribution in [1.82, 2.24) is 0 Å². The summed E-state index contributed by atoms with van der Waals surface area (Å²) in [5.74, 6) is 0.847. The predicted octanol–water partition coefficient (Wildman–Crippen LogP) is 3.81. The lowest BCUT2D eigenvalue weighted by Gasteiger charge is -2.27. The van der Waals surface area contributed by atoms with Crippen LogP contribution in [0.15, 0.2) is 84.9 Å². The number of para-hydroxylation sites is 1. The second-order valence-corrected chi connectivity index (χ2v) is 8.27. The van der Waals surface area contributed by atoms with E-state index in [4.69, 9.17) is 0 Å². The van der Waals surface area contributed by atoms with Gasteiger partial charge in [-0.15, -0.1) is 0 Å². The third-order valence-electron chi connectivity index (χ3n) is 4.00. The molecule has 0 aliphatic heterocycles. The van der Waals surface area contributed by atoms with Crippen molar-refractivity contribution in [2.45, 2.75) is 0 Å². The highest BCUT2D eigenvalue weighted by Gasteiger charge is 2.20. The number of nitrogens with zero attached hydrogens (tertiary/aromatic N) is 1. The largest absolute Gasteiger partial charge is 0.373 e. The highest BCUT2D eigenvalue weighted by Crippen LogP contribution is 2.36. The first kappa shape index (κ1) is 17.1. The molecule has 24 heavy (non-hydrogen) atoms. The van der Waals surface area contributed by atoms with Crippen molar-refractivity contribution in [2.75, 3.05) is 24.2 Å². The van der Waals surface area contributed by atoms with E-state index >= 15 is 0 Å². The lowest BCUT2D eigenvalue weighted by molar-refractivity contribution is 0.984. The molecule has 0 spiro atoms. The lowest BCUT2D eigenvalue weighted by Crippen LogP contribution is -2.29. The smallest absolute Gasteiger partial charge is 0.0448 e. The maximum Gasteiger partial charge on any atom is 0.0448 e. The maximum atomic E-state index is 4.40. The standard InChI is InChI=1S/C21H22NPS/c1-22(16-17-24)20-14-8-9-15-21(20)23(18-10-4-2-5-11-18)19-12-6-3-7-13-19/h2-15,24H,16-17H2,1H3. The summed E-state index contributed by atoms with van der Waals surface area (Å²) in [5.41, 5.74) is 1.30. The van der Waals surface area contributed by atoms with E-state index in [2.05, 4.69) is 110 Å². The predicted molar refractivity (Wildman–Crippen MR) is 112 cm³/mol. The molecule has 3 rings (SSSR count). The Morgan fingerprint density at radius 1 is 0.750 bits per heavy atom. The first-order chi connectivity index (χ1) is 11.8. The van der Waals surface area contributed by atoms with E-state index in [0.717, 1.165) is 12.3 Å². The normalized spacial score (nSPS) is 10.8. The molecule has 0 atom stereocenters. The minimum atomic E-state index is -0.577. The van der Waals surface area contributed by atoms with E-state index in [0.29, 0.717) is 0 Å². The number of benzene rings is 3. The minimum absolute atomic E-state index is 0.577. The molecule has 3 aromatic carbocycles. The van der Waals surface area contributed by atoms with E-state index in [1.165, 1.54) is 21.6 Å². The fourth-order valence-corrected chi connectivity index (χ4v) is 5.63. The number of hydrogen-bond donors (Lipinski definition) is 1. The second kappa shape index (κ2) is 8.37. The molecule has 0 heterocycles. The van der Waals surface area contributed by atoms with Crippen LogP contribution in [0.4, 0.5) is 5.69 Å². The molecule has 3 aromatic rings. The molecule has 0 aliphatic carbocycles. The maximum absolute atomic E-state index is 4.40. The number of rotatable bonds is 6. The Hall–Kier alpha value is -1.76. The highest BCUT2D eigenvalue weighted by atomic mass is 32.1. The van der Waals surface area contributed by atoms with Crippen LogP contribution in [0.25, 0.3) is 0 Å². The van der Waals surface area contributed by atoms with Crippen molar-refractivity contribution in [3.8, 4) is 0 Å². The summed E-state index contributed by atoms with van der Waals surface area (Å²) in [6.07, 6.45) is 0. The van der Waals surface area contributed by atoms with Crippen LogP contribution in [-0.4, -0.2) is 19.3 Å². The molecule has 0 aliphatic rings. The molecule has 1 nitrogen and oxygen atoms in total. The molecule has 0 aromatic heterocycles. The van der Waals surface area contributed by atoms with Crippen LogP contribution in [0.1, 0.15) is 0 Å². The molecule has 122 valence electrons. The summed E-state index contributed by atoms with van der Waals surface area (Å²) in [6.45, 7) is 0.937. The Balaban J connectivity index is 2.14. The molecule has 0 fully saturated rings. The number of thiol groups is 1. The van der Waals surface area contributed by atoms with E-state index in [1.54, 1.807) is 0 Å². The van der Waals surface area contributed by atoms with Gasteiger partial charge in [-0.2, -0.15) is 12.6 Å². The zero-order chi connectivity index (χ0) is 16.8. The minimum Gasteiger partial charge on any atom is -0.373 e. The monoisotopic (exact) mass is 351 g/mol. The molecule has 0 bridgehead atoms. The third-order valence-corrected chi connectivity index (χ3v) is 6.69. The van der Waals surface area contributed by atoms with Gasteiger partial charge in [0.25, 0.3) is 0 Å². The Kier molecular flexibility index (Phi) is 5.96. The van der Waals surface area contributed by atoms with Crippen molar-refractivity contribution in [2.24, 2.45) is 0 Å². The van der Waals surface area contributed by atoms with Crippen LogP contribution in [-0.2, 0) is 0 Å². The van der Waals surface area contributed by atoms with Gasteiger partial charge in [-0.25, -0.2) is 0 Å². The van der Waals surface area contributed by atoms with Crippen molar-refractivity contribution in [3.63, 3.8) is 0 Å². The van der Waals surface area contributed by atoms with Gasteiger partial charge in [0.1, 0.15) is 0 Å². The molecule has 0 amide bonds. The van der Waals surface area contributed by atoms with Crippen molar-refractivity contribution < 1.29 is 0 Å². The van der Waals surface area contributed by atoms with Crippen molar-refractivity contribution >= 4 is 42.2 Å². The van der Waals surface area contributed by atoms with E-state index < -0.39 is 7.92 Å². The molecule has 0 saturated carbocycles. The summed E-state index contributed by atoms with van der Waals surface area (Å²) >= 11 is 4.40. The molecular formula is C21H22NPS. The molecule has 0 saturated heterocycles.